The van der Waals surface area contributed by atoms with Crippen molar-refractivity contribution in [1.82, 2.24) is 0 Å². The number of carboxylic acid groups (broad SMARTS) is 1. The summed E-state index contributed by atoms with van der Waals surface area (Å²) in [7, 11) is -4.27. The average molecular weight is 326 g/mol. The van der Waals surface area contributed by atoms with Gasteiger partial charge >= 0.3 is 0 Å². The normalized spacial score (nSPS) is 11.2. The van der Waals surface area contributed by atoms with Crippen molar-refractivity contribution in [2.75, 3.05) is 4.72 Å². The highest BCUT2D eigenvalue weighted by molar-refractivity contribution is 7.92. The maximum Gasteiger partial charge on any atom is 0.262 e. The van der Waals surface area contributed by atoms with Crippen molar-refractivity contribution in [2.45, 2.75) is 11.8 Å². The van der Waals surface area contributed by atoms with Crippen LogP contribution >= 0.6 is 0 Å². The quantitative estimate of drug-likeness (QED) is 0.921. The molecule has 2 rings (SSSR count). The van der Waals surface area contributed by atoms with Crippen LogP contribution in [0.15, 0.2) is 41.3 Å². The van der Waals surface area contributed by atoms with E-state index in [0.717, 1.165) is 12.1 Å². The third-order valence-corrected chi connectivity index (χ3v) is 4.20. The summed E-state index contributed by atoms with van der Waals surface area (Å²) in [5.41, 5.74) is -0.598. The highest BCUT2D eigenvalue weighted by Crippen LogP contribution is 2.21. The van der Waals surface area contributed by atoms with E-state index in [0.29, 0.717) is 17.7 Å². The predicted octanol–water partition coefficient (Wildman–Crippen LogP) is 1.44. The Morgan fingerprint density at radius 3 is 2.36 bits per heavy atom. The fraction of sp³-hybridized carbons (Fsp3) is 0.0714. The van der Waals surface area contributed by atoms with Crippen molar-refractivity contribution in [3.63, 3.8) is 0 Å². The summed E-state index contributed by atoms with van der Waals surface area (Å²) in [5, 5.41) is 10.7. The molecule has 5 nitrogen and oxygen atoms in total. The highest BCUT2D eigenvalue weighted by atomic mass is 32.2. The Bertz CT molecular complexity index is 850. The topological polar surface area (TPSA) is 86.3 Å². The SMILES string of the molecule is Cc1ccc(NS(=O)(=O)c2ccc(F)c(C(=O)[O-])c2)c(F)c1. The summed E-state index contributed by atoms with van der Waals surface area (Å²) in [4.78, 5) is 10.2. The molecular formula is C14H10F2NO4S-. The molecule has 8 heteroatoms. The van der Waals surface area contributed by atoms with Crippen molar-refractivity contribution >= 4 is 21.7 Å². The number of nitrogens with one attached hydrogen (secondary N) is 1. The molecule has 0 amide bonds. The number of carbonyl (C=O) groups excluding carboxylic acids is 1. The second-order valence-corrected chi connectivity index (χ2v) is 6.20. The van der Waals surface area contributed by atoms with Crippen molar-refractivity contribution in [1.29, 1.82) is 0 Å². The zero-order valence-corrected chi connectivity index (χ0v) is 12.1. The van der Waals surface area contributed by atoms with Gasteiger partial charge < -0.3 is 9.90 Å². The Kier molecular flexibility index (Phi) is 4.14. The van der Waals surface area contributed by atoms with E-state index in [9.17, 15) is 27.1 Å². The summed E-state index contributed by atoms with van der Waals surface area (Å²) >= 11 is 0. The van der Waals surface area contributed by atoms with E-state index in [-0.39, 0.29) is 5.69 Å². The van der Waals surface area contributed by atoms with Gasteiger partial charge in [-0.25, -0.2) is 17.2 Å². The number of rotatable bonds is 4. The Labute approximate surface area is 125 Å². The van der Waals surface area contributed by atoms with Gasteiger partial charge in [0.05, 0.1) is 16.6 Å². The van der Waals surface area contributed by atoms with E-state index in [2.05, 4.69) is 0 Å². The average Bonchev–Trinajstić information content (AvgIpc) is 2.42. The van der Waals surface area contributed by atoms with Gasteiger partial charge in [-0.2, -0.15) is 0 Å². The first-order valence-electron chi connectivity index (χ1n) is 6.00. The Hall–Kier alpha value is -2.48. The zero-order chi connectivity index (χ0) is 16.5. The summed E-state index contributed by atoms with van der Waals surface area (Å²) in [6, 6.07) is 6.03. The minimum absolute atomic E-state index is 0.301. The lowest BCUT2D eigenvalue weighted by Gasteiger charge is -2.11. The van der Waals surface area contributed by atoms with Gasteiger partial charge in [0.25, 0.3) is 10.0 Å². The molecule has 0 bridgehead atoms. The monoisotopic (exact) mass is 326 g/mol. The van der Waals surface area contributed by atoms with E-state index < -0.39 is 38.1 Å². The molecule has 2 aromatic carbocycles. The largest absolute Gasteiger partial charge is 0.545 e. The molecule has 0 heterocycles. The van der Waals surface area contributed by atoms with Crippen molar-refractivity contribution in [3.8, 4) is 0 Å². The highest BCUT2D eigenvalue weighted by Gasteiger charge is 2.18. The van der Waals surface area contributed by atoms with Gasteiger partial charge in [0.15, 0.2) is 0 Å². The van der Waals surface area contributed by atoms with Crippen LogP contribution in [0.25, 0.3) is 0 Å². The van der Waals surface area contributed by atoms with Gasteiger partial charge in [-0.05, 0) is 42.8 Å². The predicted molar refractivity (Wildman–Crippen MR) is 72.7 cm³/mol. The van der Waals surface area contributed by atoms with Crippen molar-refractivity contribution < 1.29 is 27.1 Å². The molecule has 0 aliphatic heterocycles. The lowest BCUT2D eigenvalue weighted by atomic mass is 10.2. The summed E-state index contributed by atoms with van der Waals surface area (Å²) in [6.45, 7) is 1.63. The van der Waals surface area contributed by atoms with Crippen LogP contribution in [0.5, 0.6) is 0 Å². The number of carboxylic acids is 1. The molecule has 0 aromatic heterocycles. The minimum atomic E-state index is -4.27. The second-order valence-electron chi connectivity index (χ2n) is 4.52. The number of aryl methyl sites for hydroxylation is 1. The molecule has 0 fully saturated rings. The molecule has 116 valence electrons. The summed E-state index contributed by atoms with van der Waals surface area (Å²) in [5.74, 6) is -3.76. The lowest BCUT2D eigenvalue weighted by Crippen LogP contribution is -2.24. The second kappa shape index (κ2) is 5.72. The van der Waals surface area contributed by atoms with E-state index in [1.165, 1.54) is 12.1 Å². The maximum absolute atomic E-state index is 13.7. The van der Waals surface area contributed by atoms with Gasteiger partial charge in [0.1, 0.15) is 11.6 Å². The number of benzene rings is 2. The zero-order valence-electron chi connectivity index (χ0n) is 11.3. The molecule has 0 spiro atoms. The molecule has 0 radical (unpaired) electrons. The standard InChI is InChI=1S/C14H11F2NO4S/c1-8-2-5-13(12(16)6-8)17-22(20,21)9-3-4-11(15)10(7-9)14(18)19/h2-7,17H,1H3,(H,18,19)/p-1. The lowest BCUT2D eigenvalue weighted by molar-refractivity contribution is -0.255. The molecular weight excluding hydrogens is 316 g/mol. The molecule has 0 aliphatic carbocycles. The number of anilines is 1. The fourth-order valence-corrected chi connectivity index (χ4v) is 2.83. The number of carbonyl (C=O) groups is 1. The molecule has 0 saturated carbocycles. The first-order valence-corrected chi connectivity index (χ1v) is 7.49. The van der Waals surface area contributed by atoms with E-state index in [1.54, 1.807) is 6.92 Å². The minimum Gasteiger partial charge on any atom is -0.545 e. The van der Waals surface area contributed by atoms with Crippen molar-refractivity contribution in [2.24, 2.45) is 0 Å². The van der Waals surface area contributed by atoms with Crippen LogP contribution in [0, 0.1) is 18.6 Å². The molecule has 0 aliphatic rings. The number of hydrogen-bond donors (Lipinski definition) is 1. The number of halogens is 2. The van der Waals surface area contributed by atoms with Crippen LogP contribution in [0.4, 0.5) is 14.5 Å². The molecule has 0 unspecified atom stereocenters. The Morgan fingerprint density at radius 1 is 1.09 bits per heavy atom. The van der Waals surface area contributed by atoms with Gasteiger partial charge in [0.2, 0.25) is 0 Å². The van der Waals surface area contributed by atoms with Crippen LogP contribution in [0.1, 0.15) is 15.9 Å². The third-order valence-electron chi connectivity index (χ3n) is 2.84. The smallest absolute Gasteiger partial charge is 0.262 e. The number of aromatic carboxylic acids is 1. The van der Waals surface area contributed by atoms with Gasteiger partial charge in [0, 0.05) is 5.56 Å². The van der Waals surface area contributed by atoms with Crippen LogP contribution in [-0.4, -0.2) is 14.4 Å². The Balaban J connectivity index is 2.42. The molecule has 0 saturated heterocycles. The molecule has 22 heavy (non-hydrogen) atoms. The van der Waals surface area contributed by atoms with Crippen LogP contribution in [0.2, 0.25) is 0 Å². The van der Waals surface area contributed by atoms with Gasteiger partial charge in [-0.3, -0.25) is 4.72 Å². The molecule has 0 atom stereocenters. The van der Waals surface area contributed by atoms with Gasteiger partial charge in [-0.1, -0.05) is 6.07 Å². The first-order chi connectivity index (χ1) is 10.2. The summed E-state index contributed by atoms with van der Waals surface area (Å²) < 4.78 is 53.1. The number of hydrogen-bond acceptors (Lipinski definition) is 4. The van der Waals surface area contributed by atoms with E-state index in [4.69, 9.17) is 0 Å². The maximum atomic E-state index is 13.7. The van der Waals surface area contributed by atoms with Crippen molar-refractivity contribution in [3.05, 3.63) is 59.2 Å². The van der Waals surface area contributed by atoms with E-state index >= 15 is 0 Å². The van der Waals surface area contributed by atoms with Crippen LogP contribution in [0.3, 0.4) is 0 Å². The fourth-order valence-electron chi connectivity index (χ4n) is 1.73. The molecule has 1 N–H and O–H groups in total. The molecule has 2 aromatic rings. The van der Waals surface area contributed by atoms with E-state index in [1.807, 2.05) is 4.72 Å². The number of sulfonamides is 1. The van der Waals surface area contributed by atoms with Crippen LogP contribution < -0.4 is 9.83 Å². The van der Waals surface area contributed by atoms with Gasteiger partial charge in [-0.15, -0.1) is 0 Å². The summed E-state index contributed by atoms with van der Waals surface area (Å²) in [6.07, 6.45) is 0. The first kappa shape index (κ1) is 15.9. The third kappa shape index (κ3) is 3.22. The Morgan fingerprint density at radius 2 is 1.77 bits per heavy atom. The van der Waals surface area contributed by atoms with Crippen LogP contribution in [-0.2, 0) is 10.0 Å².